The van der Waals surface area contributed by atoms with Crippen LogP contribution in [0.3, 0.4) is 0 Å². The van der Waals surface area contributed by atoms with Crippen molar-refractivity contribution in [2.24, 2.45) is 0 Å². The molecule has 1 unspecified atom stereocenters. The van der Waals surface area contributed by atoms with Crippen LogP contribution < -0.4 is 10.2 Å². The van der Waals surface area contributed by atoms with Crippen LogP contribution in [0.15, 0.2) is 12.4 Å². The lowest BCUT2D eigenvalue weighted by Gasteiger charge is -2.36. The molecule has 1 aromatic rings. The second-order valence-electron chi connectivity index (χ2n) is 5.04. The van der Waals surface area contributed by atoms with Crippen molar-refractivity contribution in [3.05, 3.63) is 12.4 Å². The van der Waals surface area contributed by atoms with Crippen LogP contribution in [0.1, 0.15) is 39.0 Å². The van der Waals surface area contributed by atoms with Gasteiger partial charge >= 0.3 is 0 Å². The quantitative estimate of drug-likeness (QED) is 0.823. The number of nitrogens with one attached hydrogen (secondary N) is 1. The standard InChI is InChI=1S/C14H24N4O/c1-2-7-16-13-10-15-11-14(17-13)18-8-4-3-5-12(18)6-9-19/h10-12,19H,2-9H2,1H3,(H,16,17). The molecule has 1 aromatic heterocycles. The number of rotatable bonds is 6. The number of aliphatic hydroxyl groups excluding tert-OH is 1. The minimum absolute atomic E-state index is 0.238. The number of piperidine rings is 1. The Labute approximate surface area is 115 Å². The van der Waals surface area contributed by atoms with Gasteiger partial charge in [-0.3, -0.25) is 4.98 Å². The van der Waals surface area contributed by atoms with Crippen LogP contribution in [-0.2, 0) is 0 Å². The molecule has 0 saturated carbocycles. The summed E-state index contributed by atoms with van der Waals surface area (Å²) >= 11 is 0. The summed E-state index contributed by atoms with van der Waals surface area (Å²) in [6.07, 6.45) is 9.04. The molecule has 19 heavy (non-hydrogen) atoms. The van der Waals surface area contributed by atoms with Crippen LogP contribution >= 0.6 is 0 Å². The van der Waals surface area contributed by atoms with E-state index in [1.165, 1.54) is 12.8 Å². The monoisotopic (exact) mass is 264 g/mol. The number of hydrogen-bond donors (Lipinski definition) is 2. The molecule has 0 radical (unpaired) electrons. The smallest absolute Gasteiger partial charge is 0.149 e. The molecule has 5 nitrogen and oxygen atoms in total. The van der Waals surface area contributed by atoms with Crippen molar-refractivity contribution < 1.29 is 5.11 Å². The molecule has 2 heterocycles. The van der Waals surface area contributed by atoms with E-state index in [0.29, 0.717) is 6.04 Å². The van der Waals surface area contributed by atoms with Crippen molar-refractivity contribution in [1.82, 2.24) is 9.97 Å². The molecule has 0 bridgehead atoms. The third-order valence-electron chi connectivity index (χ3n) is 3.56. The normalized spacial score (nSPS) is 19.5. The van der Waals surface area contributed by atoms with Crippen LogP contribution in [0.5, 0.6) is 0 Å². The van der Waals surface area contributed by atoms with Crippen molar-refractivity contribution in [2.45, 2.75) is 45.1 Å². The summed E-state index contributed by atoms with van der Waals surface area (Å²) in [5.41, 5.74) is 0. The number of aromatic nitrogens is 2. The van der Waals surface area contributed by atoms with E-state index in [4.69, 9.17) is 0 Å². The molecule has 0 spiro atoms. The predicted molar refractivity (Wildman–Crippen MR) is 77.5 cm³/mol. The number of anilines is 2. The average molecular weight is 264 g/mol. The van der Waals surface area contributed by atoms with E-state index in [2.05, 4.69) is 27.1 Å². The van der Waals surface area contributed by atoms with Gasteiger partial charge in [0.25, 0.3) is 0 Å². The van der Waals surface area contributed by atoms with Gasteiger partial charge in [-0.15, -0.1) is 0 Å². The average Bonchev–Trinajstić information content (AvgIpc) is 2.46. The van der Waals surface area contributed by atoms with Gasteiger partial charge in [0.1, 0.15) is 11.6 Å². The number of hydrogen-bond acceptors (Lipinski definition) is 5. The third-order valence-corrected chi connectivity index (χ3v) is 3.56. The van der Waals surface area contributed by atoms with Crippen LogP contribution in [0.4, 0.5) is 11.6 Å². The number of aliphatic hydroxyl groups is 1. The van der Waals surface area contributed by atoms with Gasteiger partial charge in [-0.05, 0) is 32.1 Å². The maximum Gasteiger partial charge on any atom is 0.149 e. The van der Waals surface area contributed by atoms with Crippen molar-refractivity contribution in [2.75, 3.05) is 29.9 Å². The molecular formula is C14H24N4O. The van der Waals surface area contributed by atoms with Gasteiger partial charge < -0.3 is 15.3 Å². The zero-order valence-electron chi connectivity index (χ0n) is 11.7. The van der Waals surface area contributed by atoms with Gasteiger partial charge in [-0.25, -0.2) is 4.98 Å². The van der Waals surface area contributed by atoms with Crippen molar-refractivity contribution in [3.8, 4) is 0 Å². The Morgan fingerprint density at radius 2 is 2.32 bits per heavy atom. The molecule has 5 heteroatoms. The maximum absolute atomic E-state index is 9.18. The molecule has 1 fully saturated rings. The second-order valence-corrected chi connectivity index (χ2v) is 5.04. The molecule has 0 aromatic carbocycles. The maximum atomic E-state index is 9.18. The minimum atomic E-state index is 0.238. The highest BCUT2D eigenvalue weighted by Crippen LogP contribution is 2.25. The van der Waals surface area contributed by atoms with E-state index in [0.717, 1.165) is 44.0 Å². The highest BCUT2D eigenvalue weighted by atomic mass is 16.3. The third kappa shape index (κ3) is 3.80. The summed E-state index contributed by atoms with van der Waals surface area (Å²) in [5, 5.41) is 12.4. The Kier molecular flexibility index (Phi) is 5.39. The molecular weight excluding hydrogens is 240 g/mol. The van der Waals surface area contributed by atoms with Crippen LogP contribution in [0, 0.1) is 0 Å². The zero-order chi connectivity index (χ0) is 13.5. The fourth-order valence-electron chi connectivity index (χ4n) is 2.58. The summed E-state index contributed by atoms with van der Waals surface area (Å²) in [4.78, 5) is 11.2. The van der Waals surface area contributed by atoms with E-state index >= 15 is 0 Å². The highest BCUT2D eigenvalue weighted by Gasteiger charge is 2.23. The summed E-state index contributed by atoms with van der Waals surface area (Å²) in [7, 11) is 0. The molecule has 1 aliphatic rings. The molecule has 1 atom stereocenters. The molecule has 2 rings (SSSR count). The predicted octanol–water partition coefficient (Wildman–Crippen LogP) is 2.04. The first kappa shape index (κ1) is 14.1. The van der Waals surface area contributed by atoms with Gasteiger partial charge in [0.15, 0.2) is 0 Å². The van der Waals surface area contributed by atoms with E-state index < -0.39 is 0 Å². The summed E-state index contributed by atoms with van der Waals surface area (Å²) in [6, 6.07) is 0.398. The Morgan fingerprint density at radius 1 is 1.42 bits per heavy atom. The largest absolute Gasteiger partial charge is 0.396 e. The first-order valence-electron chi connectivity index (χ1n) is 7.28. The molecule has 0 aliphatic carbocycles. The van der Waals surface area contributed by atoms with Crippen molar-refractivity contribution >= 4 is 11.6 Å². The van der Waals surface area contributed by atoms with Crippen LogP contribution in [0.25, 0.3) is 0 Å². The van der Waals surface area contributed by atoms with E-state index in [-0.39, 0.29) is 6.61 Å². The van der Waals surface area contributed by atoms with Crippen LogP contribution in [-0.4, -0.2) is 40.8 Å². The Hall–Kier alpha value is -1.36. The fraction of sp³-hybridized carbons (Fsp3) is 0.714. The lowest BCUT2D eigenvalue weighted by molar-refractivity contribution is 0.262. The Balaban J connectivity index is 2.09. The van der Waals surface area contributed by atoms with Gasteiger partial charge in [0, 0.05) is 25.7 Å². The topological polar surface area (TPSA) is 61.3 Å². The van der Waals surface area contributed by atoms with Crippen LogP contribution in [0.2, 0.25) is 0 Å². The van der Waals surface area contributed by atoms with Crippen molar-refractivity contribution in [3.63, 3.8) is 0 Å². The summed E-state index contributed by atoms with van der Waals surface area (Å²) in [5.74, 6) is 1.77. The zero-order valence-corrected chi connectivity index (χ0v) is 11.7. The lowest BCUT2D eigenvalue weighted by atomic mass is 10.00. The Morgan fingerprint density at radius 3 is 3.11 bits per heavy atom. The lowest BCUT2D eigenvalue weighted by Crippen LogP contribution is -2.40. The number of nitrogens with zero attached hydrogens (tertiary/aromatic N) is 3. The summed E-state index contributed by atoms with van der Waals surface area (Å²) < 4.78 is 0. The van der Waals surface area contributed by atoms with Gasteiger partial charge in [-0.1, -0.05) is 6.92 Å². The first-order valence-corrected chi connectivity index (χ1v) is 7.28. The molecule has 106 valence electrons. The fourth-order valence-corrected chi connectivity index (χ4v) is 2.58. The van der Waals surface area contributed by atoms with Gasteiger partial charge in [0.05, 0.1) is 12.4 Å². The molecule has 0 amide bonds. The summed E-state index contributed by atoms with van der Waals surface area (Å²) in [6.45, 7) is 4.29. The van der Waals surface area contributed by atoms with E-state index in [1.54, 1.807) is 6.20 Å². The molecule has 2 N–H and O–H groups in total. The van der Waals surface area contributed by atoms with E-state index in [1.807, 2.05) is 6.20 Å². The van der Waals surface area contributed by atoms with E-state index in [9.17, 15) is 5.11 Å². The first-order chi connectivity index (χ1) is 9.35. The molecule has 1 aliphatic heterocycles. The second kappa shape index (κ2) is 7.28. The molecule has 1 saturated heterocycles. The van der Waals surface area contributed by atoms with Gasteiger partial charge in [0.2, 0.25) is 0 Å². The Bertz CT molecular complexity index is 383. The highest BCUT2D eigenvalue weighted by molar-refractivity contribution is 5.45. The minimum Gasteiger partial charge on any atom is -0.396 e. The van der Waals surface area contributed by atoms with Gasteiger partial charge in [-0.2, -0.15) is 0 Å². The SMILES string of the molecule is CCCNc1cncc(N2CCCCC2CCO)n1. The van der Waals surface area contributed by atoms with Crippen molar-refractivity contribution in [1.29, 1.82) is 0 Å².